The summed E-state index contributed by atoms with van der Waals surface area (Å²) >= 11 is 0. The zero-order valence-electron chi connectivity index (χ0n) is 12.5. The van der Waals surface area contributed by atoms with Crippen molar-refractivity contribution in [2.75, 3.05) is 0 Å². The molecule has 0 saturated heterocycles. The van der Waals surface area contributed by atoms with Crippen LogP contribution in [0.3, 0.4) is 0 Å². The van der Waals surface area contributed by atoms with E-state index in [4.69, 9.17) is 4.52 Å². The molecule has 4 nitrogen and oxygen atoms in total. The van der Waals surface area contributed by atoms with Crippen LogP contribution in [0.25, 0.3) is 11.3 Å². The average molecular weight is 302 g/mol. The molecule has 5 heteroatoms. The highest BCUT2D eigenvalue weighted by atomic mass is 19.1. The number of carbonyl (C=O) groups is 1. The van der Waals surface area contributed by atoms with Crippen LogP contribution in [0.1, 0.15) is 43.2 Å². The standard InChI is InChI=1S/C17H19FN2O2/c1-11-5-7-14(8-6-11)19-17(21)16-10-15(20-22-16)12-3-2-4-13(18)9-12/h2-4,9-11,14H,5-8H2,1H3,(H,19,21). The second-order valence-corrected chi connectivity index (χ2v) is 6.02. The molecule has 1 amide bonds. The zero-order chi connectivity index (χ0) is 15.5. The number of hydrogen-bond acceptors (Lipinski definition) is 3. The molecular weight excluding hydrogens is 283 g/mol. The molecule has 0 unspecified atom stereocenters. The van der Waals surface area contributed by atoms with Crippen molar-refractivity contribution in [3.63, 3.8) is 0 Å². The minimum atomic E-state index is -0.345. The number of carbonyl (C=O) groups excluding carboxylic acids is 1. The van der Waals surface area contributed by atoms with E-state index < -0.39 is 0 Å². The lowest BCUT2D eigenvalue weighted by Gasteiger charge is -2.26. The smallest absolute Gasteiger partial charge is 0.290 e. The van der Waals surface area contributed by atoms with Gasteiger partial charge in [-0.3, -0.25) is 4.79 Å². The van der Waals surface area contributed by atoms with Gasteiger partial charge in [0.1, 0.15) is 11.5 Å². The van der Waals surface area contributed by atoms with Gasteiger partial charge in [-0.1, -0.05) is 24.2 Å². The van der Waals surface area contributed by atoms with Crippen molar-refractivity contribution >= 4 is 5.91 Å². The molecule has 0 spiro atoms. The summed E-state index contributed by atoms with van der Waals surface area (Å²) in [6.45, 7) is 2.24. The second kappa shape index (κ2) is 6.30. The lowest BCUT2D eigenvalue weighted by atomic mass is 9.87. The molecule has 1 aliphatic carbocycles. The number of hydrogen-bond donors (Lipinski definition) is 1. The maximum absolute atomic E-state index is 13.2. The summed E-state index contributed by atoms with van der Waals surface area (Å²) in [4.78, 5) is 12.2. The fraction of sp³-hybridized carbons (Fsp3) is 0.412. The van der Waals surface area contributed by atoms with E-state index in [2.05, 4.69) is 17.4 Å². The van der Waals surface area contributed by atoms with Gasteiger partial charge >= 0.3 is 0 Å². The summed E-state index contributed by atoms with van der Waals surface area (Å²) in [5, 5.41) is 6.84. The molecule has 0 bridgehead atoms. The van der Waals surface area contributed by atoms with Gasteiger partial charge in [-0.15, -0.1) is 0 Å². The highest BCUT2D eigenvalue weighted by molar-refractivity contribution is 5.92. The van der Waals surface area contributed by atoms with Crippen molar-refractivity contribution < 1.29 is 13.7 Å². The van der Waals surface area contributed by atoms with Crippen molar-refractivity contribution in [1.29, 1.82) is 0 Å². The Kier molecular flexibility index (Phi) is 4.22. The molecule has 0 atom stereocenters. The third kappa shape index (κ3) is 3.35. The van der Waals surface area contributed by atoms with Gasteiger partial charge in [0.15, 0.2) is 0 Å². The third-order valence-electron chi connectivity index (χ3n) is 4.21. The number of benzene rings is 1. The number of halogens is 1. The number of nitrogens with zero attached hydrogens (tertiary/aromatic N) is 1. The Labute approximate surface area is 128 Å². The van der Waals surface area contributed by atoms with Crippen LogP contribution in [0.15, 0.2) is 34.9 Å². The molecule has 2 aromatic rings. The SMILES string of the molecule is CC1CCC(NC(=O)c2cc(-c3cccc(F)c3)no2)CC1. The van der Waals surface area contributed by atoms with Crippen molar-refractivity contribution in [2.24, 2.45) is 5.92 Å². The molecule has 1 saturated carbocycles. The maximum Gasteiger partial charge on any atom is 0.290 e. The molecule has 116 valence electrons. The van der Waals surface area contributed by atoms with Crippen molar-refractivity contribution in [2.45, 2.75) is 38.6 Å². The minimum absolute atomic E-state index is 0.165. The van der Waals surface area contributed by atoms with Crippen molar-refractivity contribution in [3.05, 3.63) is 41.9 Å². The Morgan fingerprint density at radius 2 is 2.05 bits per heavy atom. The third-order valence-corrected chi connectivity index (χ3v) is 4.21. The second-order valence-electron chi connectivity index (χ2n) is 6.02. The number of rotatable bonds is 3. The van der Waals surface area contributed by atoms with Gasteiger partial charge in [-0.2, -0.15) is 0 Å². The topological polar surface area (TPSA) is 55.1 Å². The highest BCUT2D eigenvalue weighted by Crippen LogP contribution is 2.24. The van der Waals surface area contributed by atoms with Gasteiger partial charge in [0.05, 0.1) is 0 Å². The summed E-state index contributed by atoms with van der Waals surface area (Å²) in [6, 6.07) is 7.80. The van der Waals surface area contributed by atoms with E-state index in [1.165, 1.54) is 12.1 Å². The monoisotopic (exact) mass is 302 g/mol. The van der Waals surface area contributed by atoms with Gasteiger partial charge in [0, 0.05) is 17.7 Å². The number of amides is 1. The molecule has 1 heterocycles. The van der Waals surface area contributed by atoms with E-state index in [1.54, 1.807) is 18.2 Å². The first-order valence-corrected chi connectivity index (χ1v) is 7.65. The first-order chi connectivity index (χ1) is 10.6. The van der Waals surface area contributed by atoms with Crippen LogP contribution in [0, 0.1) is 11.7 Å². The van der Waals surface area contributed by atoms with Gasteiger partial charge in [0.2, 0.25) is 5.76 Å². The largest absolute Gasteiger partial charge is 0.350 e. The van der Waals surface area contributed by atoms with Crippen LogP contribution in [0.4, 0.5) is 4.39 Å². The first kappa shape index (κ1) is 14.8. The van der Waals surface area contributed by atoms with E-state index >= 15 is 0 Å². The van der Waals surface area contributed by atoms with Gasteiger partial charge in [-0.05, 0) is 43.7 Å². The Hall–Kier alpha value is -2.17. The van der Waals surface area contributed by atoms with E-state index in [9.17, 15) is 9.18 Å². The zero-order valence-corrected chi connectivity index (χ0v) is 12.5. The molecule has 1 aliphatic rings. The molecular formula is C17H19FN2O2. The van der Waals surface area contributed by atoms with Crippen molar-refractivity contribution in [1.82, 2.24) is 10.5 Å². The molecule has 1 N–H and O–H groups in total. The van der Waals surface area contributed by atoms with E-state index in [0.29, 0.717) is 11.3 Å². The number of aromatic nitrogens is 1. The Bertz CT molecular complexity index is 660. The van der Waals surface area contributed by atoms with Crippen molar-refractivity contribution in [3.8, 4) is 11.3 Å². The Balaban J connectivity index is 1.67. The number of nitrogens with one attached hydrogen (secondary N) is 1. The van der Waals surface area contributed by atoms with Crippen LogP contribution in [0.5, 0.6) is 0 Å². The van der Waals surface area contributed by atoms with Gasteiger partial charge < -0.3 is 9.84 Å². The predicted octanol–water partition coefficient (Wildman–Crippen LogP) is 3.79. The summed E-state index contributed by atoms with van der Waals surface area (Å²) in [5.74, 6) is 0.299. The molecule has 1 aromatic heterocycles. The molecule has 0 radical (unpaired) electrons. The van der Waals surface area contributed by atoms with Crippen LogP contribution in [0.2, 0.25) is 0 Å². The molecule has 22 heavy (non-hydrogen) atoms. The quantitative estimate of drug-likeness (QED) is 0.938. The highest BCUT2D eigenvalue weighted by Gasteiger charge is 2.22. The van der Waals surface area contributed by atoms with Gasteiger partial charge in [0.25, 0.3) is 5.91 Å². The molecule has 3 rings (SSSR count). The summed E-state index contributed by atoms with van der Waals surface area (Å²) in [5.41, 5.74) is 1.05. The molecule has 1 aromatic carbocycles. The normalized spacial score (nSPS) is 21.5. The van der Waals surface area contributed by atoms with E-state index in [0.717, 1.165) is 31.6 Å². The van der Waals surface area contributed by atoms with E-state index in [-0.39, 0.29) is 23.5 Å². The molecule has 1 fully saturated rings. The van der Waals surface area contributed by atoms with Crippen LogP contribution >= 0.6 is 0 Å². The predicted molar refractivity (Wildman–Crippen MR) is 80.8 cm³/mol. The fourth-order valence-corrected chi connectivity index (χ4v) is 2.83. The lowest BCUT2D eigenvalue weighted by molar-refractivity contribution is 0.0885. The van der Waals surface area contributed by atoms with E-state index in [1.807, 2.05) is 0 Å². The Morgan fingerprint density at radius 1 is 1.27 bits per heavy atom. The summed E-state index contributed by atoms with van der Waals surface area (Å²) < 4.78 is 18.3. The lowest BCUT2D eigenvalue weighted by Crippen LogP contribution is -2.37. The first-order valence-electron chi connectivity index (χ1n) is 7.65. The Morgan fingerprint density at radius 3 is 2.77 bits per heavy atom. The summed E-state index contributed by atoms with van der Waals surface area (Å²) in [7, 11) is 0. The van der Waals surface area contributed by atoms with Crippen LogP contribution in [-0.4, -0.2) is 17.1 Å². The average Bonchev–Trinajstić information content (AvgIpc) is 3.00. The molecule has 0 aliphatic heterocycles. The van der Waals surface area contributed by atoms with Crippen LogP contribution in [-0.2, 0) is 0 Å². The van der Waals surface area contributed by atoms with Crippen LogP contribution < -0.4 is 5.32 Å². The fourth-order valence-electron chi connectivity index (χ4n) is 2.83. The van der Waals surface area contributed by atoms with Gasteiger partial charge in [-0.25, -0.2) is 4.39 Å². The maximum atomic E-state index is 13.2. The minimum Gasteiger partial charge on any atom is -0.350 e. The summed E-state index contributed by atoms with van der Waals surface area (Å²) in [6.07, 6.45) is 4.27.